The highest BCUT2D eigenvalue weighted by Crippen LogP contribution is 2.35. The molecule has 228 valence electrons. The van der Waals surface area contributed by atoms with Crippen molar-refractivity contribution in [3.63, 3.8) is 0 Å². The van der Waals surface area contributed by atoms with E-state index >= 15 is 0 Å². The molecule has 2 heterocycles. The van der Waals surface area contributed by atoms with Crippen molar-refractivity contribution in [2.24, 2.45) is 11.8 Å². The molecule has 2 aromatic rings. The molecule has 0 spiro atoms. The second-order valence-electron chi connectivity index (χ2n) is 11.5. The summed E-state index contributed by atoms with van der Waals surface area (Å²) in [5.74, 6) is 1.34. The molecule has 1 unspecified atom stereocenters. The van der Waals surface area contributed by atoms with Gasteiger partial charge in [-0.15, -0.1) is 0 Å². The van der Waals surface area contributed by atoms with Gasteiger partial charge in [-0.1, -0.05) is 12.1 Å². The highest BCUT2D eigenvalue weighted by atomic mass is 16.6. The number of hydrogen-bond donors (Lipinski definition) is 1. The predicted octanol–water partition coefficient (Wildman–Crippen LogP) is 4.38. The number of alkyl carbamates (subject to hydrolysis) is 1. The summed E-state index contributed by atoms with van der Waals surface area (Å²) in [6, 6.07) is 10.8. The maximum absolute atomic E-state index is 12.9. The predicted molar refractivity (Wildman–Crippen MR) is 153 cm³/mol. The van der Waals surface area contributed by atoms with Gasteiger partial charge >= 0.3 is 18.2 Å². The van der Waals surface area contributed by atoms with Gasteiger partial charge in [-0.05, 0) is 75.4 Å². The van der Waals surface area contributed by atoms with Gasteiger partial charge in [0.15, 0.2) is 23.0 Å². The number of benzene rings is 2. The Morgan fingerprint density at radius 3 is 2.19 bits per heavy atom. The molecule has 42 heavy (non-hydrogen) atoms. The maximum atomic E-state index is 12.9. The molecule has 0 aliphatic carbocycles. The average molecular weight is 585 g/mol. The number of nitrogens with zero attached hydrogens (tertiary/aromatic N) is 1. The molecule has 2 amide bonds. The summed E-state index contributed by atoms with van der Waals surface area (Å²) in [7, 11) is 4.68. The van der Waals surface area contributed by atoms with Crippen LogP contribution in [0.5, 0.6) is 23.0 Å². The quantitative estimate of drug-likeness (QED) is 0.428. The fourth-order valence-corrected chi connectivity index (χ4v) is 5.22. The van der Waals surface area contributed by atoms with Gasteiger partial charge in [0.2, 0.25) is 0 Å². The lowest BCUT2D eigenvalue weighted by Crippen LogP contribution is -2.41. The van der Waals surface area contributed by atoms with Gasteiger partial charge in [-0.25, -0.2) is 9.59 Å². The SMILES string of the molecule is COc1ccc(C[C@H]2COC(=O)[C@@H]2Cc2ccc(OC(=O)N3CCC(NC(=O)OC(C)(C)C)C3)c(OC)c2)cc1OC. The normalized spacial score (nSPS) is 20.1. The number of carbonyl (C=O) groups is 3. The van der Waals surface area contributed by atoms with E-state index in [0.29, 0.717) is 56.2 Å². The Balaban J connectivity index is 1.37. The Morgan fingerprint density at radius 1 is 0.929 bits per heavy atom. The molecule has 11 heteroatoms. The number of nitrogens with one attached hydrogen (secondary N) is 1. The van der Waals surface area contributed by atoms with Crippen LogP contribution in [0, 0.1) is 11.8 Å². The summed E-state index contributed by atoms with van der Waals surface area (Å²) in [6.45, 7) is 6.46. The molecule has 0 radical (unpaired) electrons. The smallest absolute Gasteiger partial charge is 0.415 e. The highest BCUT2D eigenvalue weighted by molar-refractivity contribution is 5.75. The van der Waals surface area contributed by atoms with E-state index in [1.54, 1.807) is 47.1 Å². The molecule has 3 atom stereocenters. The van der Waals surface area contributed by atoms with Gasteiger partial charge in [0.05, 0.1) is 39.9 Å². The first-order valence-electron chi connectivity index (χ1n) is 14.0. The number of ether oxygens (including phenoxy) is 6. The molecule has 2 aliphatic rings. The fourth-order valence-electron chi connectivity index (χ4n) is 5.22. The zero-order chi connectivity index (χ0) is 30.4. The van der Waals surface area contributed by atoms with Crippen molar-refractivity contribution in [1.82, 2.24) is 10.2 Å². The van der Waals surface area contributed by atoms with Gasteiger partial charge in [0.25, 0.3) is 0 Å². The van der Waals surface area contributed by atoms with Crippen LogP contribution in [0.3, 0.4) is 0 Å². The van der Waals surface area contributed by atoms with Crippen LogP contribution in [0.1, 0.15) is 38.3 Å². The fraction of sp³-hybridized carbons (Fsp3) is 0.516. The lowest BCUT2D eigenvalue weighted by atomic mass is 9.85. The van der Waals surface area contributed by atoms with E-state index in [1.807, 2.05) is 24.3 Å². The van der Waals surface area contributed by atoms with E-state index in [2.05, 4.69) is 5.32 Å². The van der Waals surface area contributed by atoms with Crippen molar-refractivity contribution in [3.05, 3.63) is 47.5 Å². The molecule has 2 aromatic carbocycles. The van der Waals surface area contributed by atoms with Gasteiger partial charge in [0, 0.05) is 19.0 Å². The van der Waals surface area contributed by atoms with Crippen LogP contribution >= 0.6 is 0 Å². The standard InChI is InChI=1S/C31H40N2O9/c1-31(2,3)42-29(35)32-22-11-12-33(17-22)30(36)41-25-10-8-20(16-27(25)39-6)14-23-21(18-40-28(23)34)13-19-7-9-24(37-4)26(15-19)38-5/h7-10,15-16,21-23H,11-14,17-18H2,1-6H3,(H,32,35)/t21-,22?,23+/m0/s1. The van der Waals surface area contributed by atoms with E-state index in [4.69, 9.17) is 28.4 Å². The number of cyclic esters (lactones) is 1. The average Bonchev–Trinajstić information content (AvgIpc) is 3.54. The topological polar surface area (TPSA) is 122 Å². The second-order valence-corrected chi connectivity index (χ2v) is 11.5. The van der Waals surface area contributed by atoms with Gasteiger partial charge in [-0.2, -0.15) is 0 Å². The van der Waals surface area contributed by atoms with Crippen LogP contribution in [0.4, 0.5) is 9.59 Å². The monoisotopic (exact) mass is 584 g/mol. The molecule has 0 saturated carbocycles. The maximum Gasteiger partial charge on any atom is 0.415 e. The van der Waals surface area contributed by atoms with Crippen molar-refractivity contribution >= 4 is 18.2 Å². The van der Waals surface area contributed by atoms with Crippen LogP contribution < -0.4 is 24.3 Å². The van der Waals surface area contributed by atoms with Crippen molar-refractivity contribution < 1.29 is 42.8 Å². The minimum absolute atomic E-state index is 0.0171. The van der Waals surface area contributed by atoms with Gasteiger partial charge in [-0.3, -0.25) is 4.79 Å². The summed E-state index contributed by atoms with van der Waals surface area (Å²) >= 11 is 0. The number of methoxy groups -OCH3 is 3. The second kappa shape index (κ2) is 13.2. The summed E-state index contributed by atoms with van der Waals surface area (Å²) in [6.07, 6.45) is 0.627. The first kappa shape index (κ1) is 30.8. The summed E-state index contributed by atoms with van der Waals surface area (Å²) < 4.78 is 32.6. The Hall–Kier alpha value is -4.15. The van der Waals surface area contributed by atoms with E-state index < -0.39 is 17.8 Å². The first-order valence-corrected chi connectivity index (χ1v) is 14.0. The molecule has 0 bridgehead atoms. The third-order valence-electron chi connectivity index (χ3n) is 7.31. The Kier molecular flexibility index (Phi) is 9.70. The van der Waals surface area contributed by atoms with Crippen LogP contribution in [0.15, 0.2) is 36.4 Å². The molecular weight excluding hydrogens is 544 g/mol. The van der Waals surface area contributed by atoms with Crippen molar-refractivity contribution in [2.45, 2.75) is 51.7 Å². The van der Waals surface area contributed by atoms with Crippen LogP contribution in [-0.2, 0) is 27.1 Å². The third kappa shape index (κ3) is 7.77. The molecule has 2 saturated heterocycles. The lowest BCUT2D eigenvalue weighted by Gasteiger charge is -2.22. The van der Waals surface area contributed by atoms with E-state index in [1.165, 1.54) is 12.0 Å². The molecule has 0 aromatic heterocycles. The summed E-state index contributed by atoms with van der Waals surface area (Å²) in [4.78, 5) is 39.2. The highest BCUT2D eigenvalue weighted by Gasteiger charge is 2.37. The zero-order valence-electron chi connectivity index (χ0n) is 25.1. The van der Waals surface area contributed by atoms with Crippen LogP contribution in [0.2, 0.25) is 0 Å². The Labute approximate surface area is 246 Å². The number of esters is 1. The molecule has 2 aliphatic heterocycles. The van der Waals surface area contributed by atoms with E-state index in [0.717, 1.165) is 11.1 Å². The summed E-state index contributed by atoms with van der Waals surface area (Å²) in [5.41, 5.74) is 1.27. The number of carbonyl (C=O) groups excluding carboxylic acids is 3. The molecular formula is C31H40N2O9. The Bertz CT molecular complexity index is 1290. The number of hydrogen-bond acceptors (Lipinski definition) is 9. The van der Waals surface area contributed by atoms with E-state index in [9.17, 15) is 14.4 Å². The van der Waals surface area contributed by atoms with Gasteiger partial charge in [0.1, 0.15) is 5.60 Å². The number of amides is 2. The molecule has 1 N–H and O–H groups in total. The van der Waals surface area contributed by atoms with E-state index in [-0.39, 0.29) is 29.6 Å². The minimum Gasteiger partial charge on any atom is -0.493 e. The van der Waals surface area contributed by atoms with Crippen molar-refractivity contribution in [3.8, 4) is 23.0 Å². The lowest BCUT2D eigenvalue weighted by molar-refractivity contribution is -0.141. The number of likely N-dealkylation sites (tertiary alicyclic amines) is 1. The first-order chi connectivity index (χ1) is 20.0. The minimum atomic E-state index is -0.603. The third-order valence-corrected chi connectivity index (χ3v) is 7.31. The van der Waals surface area contributed by atoms with Crippen molar-refractivity contribution in [2.75, 3.05) is 41.0 Å². The van der Waals surface area contributed by atoms with Crippen LogP contribution in [0.25, 0.3) is 0 Å². The van der Waals surface area contributed by atoms with Crippen molar-refractivity contribution in [1.29, 1.82) is 0 Å². The summed E-state index contributed by atoms with van der Waals surface area (Å²) in [5, 5.41) is 2.80. The zero-order valence-corrected chi connectivity index (χ0v) is 25.1. The Morgan fingerprint density at radius 2 is 1.55 bits per heavy atom. The number of rotatable bonds is 9. The van der Waals surface area contributed by atoms with Crippen LogP contribution in [-0.4, -0.2) is 75.7 Å². The van der Waals surface area contributed by atoms with Gasteiger partial charge < -0.3 is 38.6 Å². The molecule has 11 nitrogen and oxygen atoms in total. The molecule has 4 rings (SSSR count). The molecule has 2 fully saturated rings. The largest absolute Gasteiger partial charge is 0.493 e.